The lowest BCUT2D eigenvalue weighted by Crippen LogP contribution is -2.40. The van der Waals surface area contributed by atoms with Gasteiger partial charge in [0.15, 0.2) is 5.41 Å². The van der Waals surface area contributed by atoms with E-state index in [9.17, 15) is 14.4 Å². The first kappa shape index (κ1) is 21.5. The maximum Gasteiger partial charge on any atom is 0.330 e. The van der Waals surface area contributed by atoms with Crippen LogP contribution in [0.5, 0.6) is 0 Å². The number of carbonyl (C=O) groups is 3. The van der Waals surface area contributed by atoms with Gasteiger partial charge in [0.2, 0.25) is 0 Å². The molecule has 0 aromatic heterocycles. The quantitative estimate of drug-likeness (QED) is 0.157. The molecule has 1 aliphatic rings. The van der Waals surface area contributed by atoms with Crippen molar-refractivity contribution in [1.29, 1.82) is 0 Å². The van der Waals surface area contributed by atoms with Gasteiger partial charge in [0.25, 0.3) is 0 Å². The van der Waals surface area contributed by atoms with E-state index in [4.69, 9.17) is 14.2 Å². The van der Waals surface area contributed by atoms with Gasteiger partial charge < -0.3 is 14.2 Å². The second kappa shape index (κ2) is 10.4. The zero-order valence-corrected chi connectivity index (χ0v) is 15.7. The lowest BCUT2D eigenvalue weighted by atomic mass is 9.81. The molecule has 0 N–H and O–H groups in total. The van der Waals surface area contributed by atoms with E-state index in [-0.39, 0.29) is 30.6 Å². The van der Waals surface area contributed by atoms with Crippen molar-refractivity contribution in [3.8, 4) is 11.8 Å². The summed E-state index contributed by atoms with van der Waals surface area (Å²) in [6.07, 6.45) is 8.07. The summed E-state index contributed by atoms with van der Waals surface area (Å²) >= 11 is 0. The molecule has 0 radical (unpaired) electrons. The summed E-state index contributed by atoms with van der Waals surface area (Å²) in [6.45, 7) is 3.74. The number of ether oxygens (including phenoxy) is 3. The van der Waals surface area contributed by atoms with E-state index in [1.54, 1.807) is 19.9 Å². The molecule has 6 heteroatoms. The summed E-state index contributed by atoms with van der Waals surface area (Å²) in [7, 11) is 2.47. The minimum atomic E-state index is -1.46. The fourth-order valence-corrected chi connectivity index (χ4v) is 2.61. The molecule has 1 aliphatic carbocycles. The fraction of sp³-hybridized carbons (Fsp3) is 0.550. The molecule has 0 aromatic rings. The highest BCUT2D eigenvalue weighted by molar-refractivity contribution is 6.00. The van der Waals surface area contributed by atoms with Crippen LogP contribution in [0.25, 0.3) is 0 Å². The third-order valence-electron chi connectivity index (χ3n) is 4.23. The van der Waals surface area contributed by atoms with Crippen LogP contribution in [0.15, 0.2) is 24.3 Å². The predicted molar refractivity (Wildman–Crippen MR) is 95.7 cm³/mol. The van der Waals surface area contributed by atoms with Gasteiger partial charge in [0.1, 0.15) is 0 Å². The van der Waals surface area contributed by atoms with E-state index in [0.717, 1.165) is 6.42 Å². The number of methoxy groups -OCH3 is 2. The van der Waals surface area contributed by atoms with Gasteiger partial charge in [-0.15, -0.1) is 11.8 Å². The molecule has 142 valence electrons. The number of allylic oxidation sites excluding steroid dienone is 3. The van der Waals surface area contributed by atoms with Gasteiger partial charge >= 0.3 is 17.9 Å². The predicted octanol–water partition coefficient (Wildman–Crippen LogP) is 2.43. The number of hydrogen-bond donors (Lipinski definition) is 0. The normalized spacial score (nSPS) is 18.9. The molecule has 0 spiro atoms. The van der Waals surface area contributed by atoms with E-state index >= 15 is 0 Å². The molecule has 1 saturated carbocycles. The molecule has 26 heavy (non-hydrogen) atoms. The van der Waals surface area contributed by atoms with Crippen LogP contribution in [0.2, 0.25) is 0 Å². The summed E-state index contributed by atoms with van der Waals surface area (Å²) < 4.78 is 14.5. The zero-order chi connectivity index (χ0) is 19.6. The van der Waals surface area contributed by atoms with Crippen LogP contribution >= 0.6 is 0 Å². The van der Waals surface area contributed by atoms with Crippen LogP contribution < -0.4 is 0 Å². The molecule has 0 amide bonds. The van der Waals surface area contributed by atoms with Crippen molar-refractivity contribution < 1.29 is 28.6 Å². The Bertz CT molecular complexity index is 618. The van der Waals surface area contributed by atoms with Crippen LogP contribution in [0.1, 0.15) is 33.1 Å². The highest BCUT2D eigenvalue weighted by Gasteiger charge is 2.47. The first-order valence-electron chi connectivity index (χ1n) is 8.53. The van der Waals surface area contributed by atoms with Crippen LogP contribution in [0.4, 0.5) is 0 Å². The Kier molecular flexibility index (Phi) is 8.63. The standard InChI is InChI=1S/C20H26O6/c1-5-7-12-20(18(22)24-3,19(23)25-4)13-8-9-15-14-16(15)10-11-17(21)26-6-2/h8-11,15-16H,6,12-14H2,1-4H3/b9-8+,11-10+/t15-,16+/m1/s1. The Labute approximate surface area is 154 Å². The number of esters is 3. The van der Waals surface area contributed by atoms with Gasteiger partial charge in [-0.25, -0.2) is 4.79 Å². The molecule has 6 nitrogen and oxygen atoms in total. The molecular weight excluding hydrogens is 336 g/mol. The number of carbonyl (C=O) groups excluding carboxylic acids is 3. The third kappa shape index (κ3) is 5.76. The Balaban J connectivity index is 2.76. The molecule has 0 bridgehead atoms. The van der Waals surface area contributed by atoms with Crippen molar-refractivity contribution in [2.45, 2.75) is 33.1 Å². The second-order valence-electron chi connectivity index (χ2n) is 5.98. The minimum Gasteiger partial charge on any atom is -0.468 e. The summed E-state index contributed by atoms with van der Waals surface area (Å²) in [4.78, 5) is 35.8. The van der Waals surface area contributed by atoms with Crippen molar-refractivity contribution in [2.24, 2.45) is 17.3 Å². The summed E-state index contributed by atoms with van der Waals surface area (Å²) in [5.41, 5.74) is -1.46. The minimum absolute atomic E-state index is 0.0318. The Hall–Kier alpha value is -2.55. The summed E-state index contributed by atoms with van der Waals surface area (Å²) in [5.74, 6) is 4.33. The third-order valence-corrected chi connectivity index (χ3v) is 4.23. The molecular formula is C20H26O6. The largest absolute Gasteiger partial charge is 0.468 e. The first-order chi connectivity index (χ1) is 12.4. The maximum absolute atomic E-state index is 12.2. The second-order valence-corrected chi connectivity index (χ2v) is 5.98. The first-order valence-corrected chi connectivity index (χ1v) is 8.53. The van der Waals surface area contributed by atoms with Gasteiger partial charge in [-0.05, 0) is 38.5 Å². The van der Waals surface area contributed by atoms with E-state index < -0.39 is 17.4 Å². The number of rotatable bonds is 9. The average Bonchev–Trinajstić information content (AvgIpc) is 3.40. The van der Waals surface area contributed by atoms with Crippen molar-refractivity contribution in [3.05, 3.63) is 24.3 Å². The molecule has 0 aliphatic heterocycles. The topological polar surface area (TPSA) is 78.9 Å². The number of hydrogen-bond acceptors (Lipinski definition) is 6. The highest BCUT2D eigenvalue weighted by atomic mass is 16.5. The molecule has 1 fully saturated rings. The molecule has 0 unspecified atom stereocenters. The average molecular weight is 362 g/mol. The van der Waals surface area contributed by atoms with E-state index in [1.165, 1.54) is 20.3 Å². The van der Waals surface area contributed by atoms with Crippen molar-refractivity contribution >= 4 is 17.9 Å². The summed E-state index contributed by atoms with van der Waals surface area (Å²) in [5, 5.41) is 0. The summed E-state index contributed by atoms with van der Waals surface area (Å²) in [6, 6.07) is 0. The molecule has 0 aromatic carbocycles. The Morgan fingerprint density at radius 1 is 1.12 bits per heavy atom. The SMILES string of the molecule is CC#CCC(C/C=C/[C@@H]1C[C@@H]1/C=C/C(=O)OCC)(C(=O)OC)C(=O)OC. The molecule has 1 rings (SSSR count). The van der Waals surface area contributed by atoms with Gasteiger partial charge in [0.05, 0.1) is 20.8 Å². The molecule has 0 heterocycles. The van der Waals surface area contributed by atoms with E-state index in [2.05, 4.69) is 11.8 Å². The fourth-order valence-electron chi connectivity index (χ4n) is 2.61. The van der Waals surface area contributed by atoms with Crippen molar-refractivity contribution in [2.75, 3.05) is 20.8 Å². The lowest BCUT2D eigenvalue weighted by molar-refractivity contribution is -0.168. The van der Waals surface area contributed by atoms with E-state index in [1.807, 2.05) is 12.2 Å². The van der Waals surface area contributed by atoms with Gasteiger partial charge in [-0.2, -0.15) is 0 Å². The van der Waals surface area contributed by atoms with Crippen LogP contribution in [-0.4, -0.2) is 38.7 Å². The zero-order valence-electron chi connectivity index (χ0n) is 15.7. The monoisotopic (exact) mass is 362 g/mol. The van der Waals surface area contributed by atoms with Crippen molar-refractivity contribution in [3.63, 3.8) is 0 Å². The van der Waals surface area contributed by atoms with Crippen LogP contribution in [0, 0.1) is 29.1 Å². The lowest BCUT2D eigenvalue weighted by Gasteiger charge is -2.24. The van der Waals surface area contributed by atoms with Crippen LogP contribution in [-0.2, 0) is 28.6 Å². The van der Waals surface area contributed by atoms with Gasteiger partial charge in [0, 0.05) is 12.5 Å². The van der Waals surface area contributed by atoms with Gasteiger partial charge in [-0.1, -0.05) is 18.2 Å². The molecule has 0 saturated heterocycles. The molecule has 2 atom stereocenters. The van der Waals surface area contributed by atoms with Gasteiger partial charge in [-0.3, -0.25) is 9.59 Å². The smallest absolute Gasteiger partial charge is 0.330 e. The Morgan fingerprint density at radius 2 is 1.73 bits per heavy atom. The maximum atomic E-state index is 12.2. The van der Waals surface area contributed by atoms with Crippen LogP contribution in [0.3, 0.4) is 0 Å². The van der Waals surface area contributed by atoms with E-state index in [0.29, 0.717) is 6.61 Å². The highest BCUT2D eigenvalue weighted by Crippen LogP contribution is 2.41. The Morgan fingerprint density at radius 3 is 2.27 bits per heavy atom. The van der Waals surface area contributed by atoms with Crippen molar-refractivity contribution in [1.82, 2.24) is 0 Å².